The van der Waals surface area contributed by atoms with Gasteiger partial charge in [-0.15, -0.1) is 11.3 Å². The Labute approximate surface area is 158 Å². The van der Waals surface area contributed by atoms with E-state index in [4.69, 9.17) is 11.6 Å². The highest BCUT2D eigenvalue weighted by Gasteiger charge is 2.13. The Hall–Kier alpha value is -2.58. The topological polar surface area (TPSA) is 72.2 Å². The van der Waals surface area contributed by atoms with Crippen molar-refractivity contribution in [2.45, 2.75) is 20.3 Å². The third-order valence-corrected chi connectivity index (χ3v) is 4.70. The fraction of sp³-hybridized carbons (Fsp3) is 0.176. The second kappa shape index (κ2) is 7.76. The lowest BCUT2D eigenvalue weighted by atomic mass is 10.3. The summed E-state index contributed by atoms with van der Waals surface area (Å²) >= 11 is 7.84. The molecule has 0 aliphatic heterocycles. The number of hydrogen-bond donors (Lipinski definition) is 1. The van der Waals surface area contributed by atoms with Crippen LogP contribution in [-0.2, 0) is 11.2 Å². The lowest BCUT2D eigenvalue weighted by Crippen LogP contribution is -2.20. The van der Waals surface area contributed by atoms with Gasteiger partial charge in [0.05, 0.1) is 40.3 Å². The zero-order valence-corrected chi connectivity index (χ0v) is 15.6. The zero-order chi connectivity index (χ0) is 18.7. The number of amides is 1. The smallest absolute Gasteiger partial charge is 0.246 e. The standard InChI is InChI=1S/C17H15ClFN5OS/c1-10-15(8-20-22-16(25)7-13-9-26-11(2)21-13)17(18)24(23-10)14-5-3-12(19)4-6-14/h3-6,8-9H,7H2,1-2H3,(H,22,25)/b20-8-. The third-order valence-electron chi connectivity index (χ3n) is 3.51. The predicted octanol–water partition coefficient (Wildman–Crippen LogP) is 3.43. The summed E-state index contributed by atoms with van der Waals surface area (Å²) < 4.78 is 14.5. The number of halogens is 2. The van der Waals surface area contributed by atoms with Crippen molar-refractivity contribution in [2.75, 3.05) is 0 Å². The van der Waals surface area contributed by atoms with E-state index in [0.717, 1.165) is 5.01 Å². The van der Waals surface area contributed by atoms with Crippen LogP contribution in [0, 0.1) is 19.7 Å². The molecule has 0 radical (unpaired) electrons. The van der Waals surface area contributed by atoms with Crippen molar-refractivity contribution < 1.29 is 9.18 Å². The maximum atomic E-state index is 13.1. The summed E-state index contributed by atoms with van der Waals surface area (Å²) in [5.41, 5.74) is 4.99. The molecule has 3 rings (SSSR count). The van der Waals surface area contributed by atoms with E-state index in [1.807, 2.05) is 12.3 Å². The molecule has 134 valence electrons. The van der Waals surface area contributed by atoms with Crippen LogP contribution in [0.25, 0.3) is 5.69 Å². The minimum Gasteiger partial charge on any atom is -0.273 e. The van der Waals surface area contributed by atoms with Crippen molar-refractivity contribution >= 4 is 35.1 Å². The molecule has 0 bridgehead atoms. The van der Waals surface area contributed by atoms with E-state index < -0.39 is 0 Å². The van der Waals surface area contributed by atoms with E-state index in [0.29, 0.717) is 27.8 Å². The first-order valence-corrected chi connectivity index (χ1v) is 8.94. The Bertz CT molecular complexity index is 964. The van der Waals surface area contributed by atoms with Gasteiger partial charge in [0.25, 0.3) is 0 Å². The van der Waals surface area contributed by atoms with Crippen LogP contribution in [0.1, 0.15) is 22.0 Å². The molecule has 1 N–H and O–H groups in total. The first kappa shape index (κ1) is 18.2. The fourth-order valence-corrected chi connectivity index (χ4v) is 3.21. The normalized spacial score (nSPS) is 11.2. The lowest BCUT2D eigenvalue weighted by molar-refractivity contribution is -0.120. The molecule has 9 heteroatoms. The summed E-state index contributed by atoms with van der Waals surface area (Å²) in [7, 11) is 0. The molecule has 1 aromatic carbocycles. The van der Waals surface area contributed by atoms with E-state index in [2.05, 4.69) is 20.6 Å². The molecule has 1 amide bonds. The van der Waals surface area contributed by atoms with Crippen LogP contribution in [-0.4, -0.2) is 26.9 Å². The molecular weight excluding hydrogens is 377 g/mol. The van der Waals surface area contributed by atoms with Crippen LogP contribution < -0.4 is 5.43 Å². The van der Waals surface area contributed by atoms with Gasteiger partial charge >= 0.3 is 0 Å². The number of carbonyl (C=O) groups excluding carboxylic acids is 1. The predicted molar refractivity (Wildman–Crippen MR) is 99.6 cm³/mol. The Morgan fingerprint density at radius 2 is 2.12 bits per heavy atom. The van der Waals surface area contributed by atoms with Gasteiger partial charge in [0.2, 0.25) is 5.91 Å². The second-order valence-corrected chi connectivity index (χ2v) is 6.93. The highest BCUT2D eigenvalue weighted by atomic mass is 35.5. The van der Waals surface area contributed by atoms with Crippen molar-refractivity contribution in [3.8, 4) is 5.69 Å². The lowest BCUT2D eigenvalue weighted by Gasteiger charge is -2.02. The van der Waals surface area contributed by atoms with Crippen LogP contribution in [0.15, 0.2) is 34.7 Å². The first-order valence-electron chi connectivity index (χ1n) is 7.68. The number of hydrogen-bond acceptors (Lipinski definition) is 5. The van der Waals surface area contributed by atoms with Crippen LogP contribution in [0.4, 0.5) is 4.39 Å². The quantitative estimate of drug-likeness (QED) is 0.535. The molecule has 0 atom stereocenters. The maximum absolute atomic E-state index is 13.1. The minimum absolute atomic E-state index is 0.156. The number of benzene rings is 1. The van der Waals surface area contributed by atoms with E-state index >= 15 is 0 Å². The van der Waals surface area contributed by atoms with Crippen LogP contribution in [0.3, 0.4) is 0 Å². The molecule has 0 aliphatic carbocycles. The van der Waals surface area contributed by atoms with Gasteiger partial charge in [-0.2, -0.15) is 10.2 Å². The van der Waals surface area contributed by atoms with Gasteiger partial charge in [0.15, 0.2) is 0 Å². The van der Waals surface area contributed by atoms with Crippen molar-refractivity contribution in [1.29, 1.82) is 0 Å². The second-order valence-electron chi connectivity index (χ2n) is 5.51. The molecule has 0 saturated carbocycles. The number of thiazole rings is 1. The Morgan fingerprint density at radius 1 is 1.38 bits per heavy atom. The third kappa shape index (κ3) is 4.14. The number of aromatic nitrogens is 3. The zero-order valence-electron chi connectivity index (χ0n) is 14.0. The molecule has 0 unspecified atom stereocenters. The van der Waals surface area contributed by atoms with Gasteiger partial charge in [-0.1, -0.05) is 11.6 Å². The summed E-state index contributed by atoms with van der Waals surface area (Å²) in [5.74, 6) is -0.611. The van der Waals surface area contributed by atoms with E-state index in [9.17, 15) is 9.18 Å². The van der Waals surface area contributed by atoms with Crippen molar-refractivity contribution in [3.05, 3.63) is 62.6 Å². The SMILES string of the molecule is Cc1nc(CC(=O)N/N=C\c2c(C)nn(-c3ccc(F)cc3)c2Cl)cs1. The van der Waals surface area contributed by atoms with E-state index in [1.165, 1.54) is 34.4 Å². The number of nitrogens with zero attached hydrogens (tertiary/aromatic N) is 4. The molecule has 3 aromatic rings. The Kier molecular flexibility index (Phi) is 5.43. The summed E-state index contributed by atoms with van der Waals surface area (Å²) in [4.78, 5) is 16.1. The average Bonchev–Trinajstić information content (AvgIpc) is 3.13. The number of aryl methyl sites for hydroxylation is 2. The number of rotatable bonds is 5. The van der Waals surface area contributed by atoms with Crippen LogP contribution in [0.2, 0.25) is 5.15 Å². The Balaban J connectivity index is 1.70. The van der Waals surface area contributed by atoms with Crippen molar-refractivity contribution in [2.24, 2.45) is 5.10 Å². The van der Waals surface area contributed by atoms with E-state index in [1.54, 1.807) is 19.1 Å². The van der Waals surface area contributed by atoms with Gasteiger partial charge in [0.1, 0.15) is 11.0 Å². The van der Waals surface area contributed by atoms with Gasteiger partial charge < -0.3 is 0 Å². The summed E-state index contributed by atoms with van der Waals surface area (Å²) in [6.07, 6.45) is 1.60. The molecule has 0 saturated heterocycles. The highest BCUT2D eigenvalue weighted by Crippen LogP contribution is 2.22. The van der Waals surface area contributed by atoms with Crippen LogP contribution >= 0.6 is 22.9 Å². The van der Waals surface area contributed by atoms with Crippen molar-refractivity contribution in [1.82, 2.24) is 20.2 Å². The Morgan fingerprint density at radius 3 is 2.77 bits per heavy atom. The average molecular weight is 392 g/mol. The van der Waals surface area contributed by atoms with E-state index in [-0.39, 0.29) is 18.1 Å². The number of nitrogens with one attached hydrogen (secondary N) is 1. The van der Waals surface area contributed by atoms with Crippen LogP contribution in [0.5, 0.6) is 0 Å². The molecule has 0 aliphatic rings. The molecule has 2 heterocycles. The molecule has 0 fully saturated rings. The summed E-state index contributed by atoms with van der Waals surface area (Å²) in [5, 5.41) is 11.3. The number of hydrazone groups is 1. The molecule has 6 nitrogen and oxygen atoms in total. The molecular formula is C17H15ClFN5OS. The first-order chi connectivity index (χ1) is 12.4. The molecule has 26 heavy (non-hydrogen) atoms. The maximum Gasteiger partial charge on any atom is 0.246 e. The minimum atomic E-state index is -0.339. The largest absolute Gasteiger partial charge is 0.273 e. The van der Waals surface area contributed by atoms with Gasteiger partial charge in [-0.05, 0) is 38.1 Å². The monoisotopic (exact) mass is 391 g/mol. The molecule has 2 aromatic heterocycles. The fourth-order valence-electron chi connectivity index (χ4n) is 2.27. The summed E-state index contributed by atoms with van der Waals surface area (Å²) in [6, 6.07) is 5.81. The summed E-state index contributed by atoms with van der Waals surface area (Å²) in [6.45, 7) is 3.65. The van der Waals surface area contributed by atoms with Gasteiger partial charge in [-0.25, -0.2) is 19.5 Å². The van der Waals surface area contributed by atoms with Gasteiger partial charge in [-0.3, -0.25) is 4.79 Å². The van der Waals surface area contributed by atoms with Crippen molar-refractivity contribution in [3.63, 3.8) is 0 Å². The number of carbonyl (C=O) groups is 1. The highest BCUT2D eigenvalue weighted by molar-refractivity contribution is 7.09. The van der Waals surface area contributed by atoms with Gasteiger partial charge in [0, 0.05) is 5.38 Å². The molecule has 0 spiro atoms.